The zero-order chi connectivity index (χ0) is 15.8. The topological polar surface area (TPSA) is 113 Å². The van der Waals surface area contributed by atoms with E-state index < -0.39 is 24.0 Å². The second-order valence-electron chi connectivity index (χ2n) is 4.66. The van der Waals surface area contributed by atoms with Crippen LogP contribution in [0, 0.1) is 0 Å². The first-order valence-electron chi connectivity index (χ1n) is 6.49. The Morgan fingerprint density at radius 3 is 2.48 bits per heavy atom. The van der Waals surface area contributed by atoms with Gasteiger partial charge in [0, 0.05) is 0 Å². The van der Waals surface area contributed by atoms with Crippen LogP contribution in [0.15, 0.2) is 24.3 Å². The summed E-state index contributed by atoms with van der Waals surface area (Å²) in [4.78, 5) is 23.0. The number of carbonyl (C=O) groups is 2. The van der Waals surface area contributed by atoms with E-state index in [2.05, 4.69) is 5.32 Å². The molecule has 0 fully saturated rings. The van der Waals surface area contributed by atoms with Crippen LogP contribution >= 0.6 is 11.8 Å². The van der Waals surface area contributed by atoms with Crippen molar-refractivity contribution in [3.63, 3.8) is 0 Å². The van der Waals surface area contributed by atoms with Crippen molar-refractivity contribution in [3.05, 3.63) is 29.8 Å². The average Bonchev–Trinajstić information content (AvgIpc) is 2.45. The fraction of sp³-hybridized carbons (Fsp3) is 0.429. The minimum Gasteiger partial charge on any atom is -0.508 e. The van der Waals surface area contributed by atoms with Crippen molar-refractivity contribution >= 4 is 23.6 Å². The zero-order valence-electron chi connectivity index (χ0n) is 11.8. The van der Waals surface area contributed by atoms with E-state index in [0.717, 1.165) is 5.56 Å². The summed E-state index contributed by atoms with van der Waals surface area (Å²) in [5.74, 6) is -0.768. The van der Waals surface area contributed by atoms with Gasteiger partial charge in [0.05, 0.1) is 6.04 Å². The van der Waals surface area contributed by atoms with Gasteiger partial charge in [-0.3, -0.25) is 4.79 Å². The van der Waals surface area contributed by atoms with Crippen LogP contribution in [0.25, 0.3) is 0 Å². The molecular formula is C14H20N2O4S. The number of nitrogens with one attached hydrogen (secondary N) is 1. The molecule has 0 bridgehead atoms. The van der Waals surface area contributed by atoms with Crippen LogP contribution in [-0.4, -0.2) is 46.2 Å². The third-order valence-corrected chi connectivity index (χ3v) is 3.60. The van der Waals surface area contributed by atoms with Crippen molar-refractivity contribution in [2.24, 2.45) is 5.73 Å². The van der Waals surface area contributed by atoms with Gasteiger partial charge in [0.15, 0.2) is 0 Å². The summed E-state index contributed by atoms with van der Waals surface area (Å²) >= 11 is 1.52. The van der Waals surface area contributed by atoms with E-state index in [1.165, 1.54) is 23.9 Å². The van der Waals surface area contributed by atoms with Crippen LogP contribution in [0.2, 0.25) is 0 Å². The molecular weight excluding hydrogens is 292 g/mol. The Balaban J connectivity index is 2.56. The molecule has 7 heteroatoms. The standard InChI is InChI=1S/C14H20N2O4S/c1-21-7-6-12(14(19)20)16-13(18)11(15)8-9-2-4-10(17)5-3-9/h2-5,11-12,17H,6-8,15H2,1H3,(H,16,18)(H,19,20)/t11?,12-/m1/s1. The molecule has 5 N–H and O–H groups in total. The fourth-order valence-corrected chi connectivity index (χ4v) is 2.22. The molecule has 1 rings (SSSR count). The summed E-state index contributed by atoms with van der Waals surface area (Å²) in [6.07, 6.45) is 2.51. The van der Waals surface area contributed by atoms with Gasteiger partial charge in [-0.15, -0.1) is 0 Å². The van der Waals surface area contributed by atoms with Gasteiger partial charge < -0.3 is 21.3 Å². The number of rotatable bonds is 8. The number of aliphatic carboxylic acids is 1. The summed E-state index contributed by atoms with van der Waals surface area (Å²) in [7, 11) is 0. The molecule has 6 nitrogen and oxygen atoms in total. The van der Waals surface area contributed by atoms with E-state index in [9.17, 15) is 14.7 Å². The van der Waals surface area contributed by atoms with E-state index in [0.29, 0.717) is 12.2 Å². The maximum atomic E-state index is 11.9. The minimum absolute atomic E-state index is 0.139. The molecule has 2 atom stereocenters. The molecule has 21 heavy (non-hydrogen) atoms. The number of carbonyl (C=O) groups excluding carboxylic acids is 1. The van der Waals surface area contributed by atoms with E-state index in [1.54, 1.807) is 12.1 Å². The lowest BCUT2D eigenvalue weighted by Gasteiger charge is -2.17. The van der Waals surface area contributed by atoms with Crippen molar-refractivity contribution in [1.29, 1.82) is 0 Å². The van der Waals surface area contributed by atoms with Gasteiger partial charge in [0.1, 0.15) is 11.8 Å². The molecule has 0 radical (unpaired) electrons. The molecule has 0 aliphatic heterocycles. The number of aromatic hydroxyl groups is 1. The van der Waals surface area contributed by atoms with Gasteiger partial charge in [-0.1, -0.05) is 12.1 Å². The first-order chi connectivity index (χ1) is 9.93. The number of hydrogen-bond acceptors (Lipinski definition) is 5. The first kappa shape index (κ1) is 17.3. The third kappa shape index (κ3) is 6.05. The molecule has 1 aromatic rings. The van der Waals surface area contributed by atoms with E-state index in [-0.39, 0.29) is 12.2 Å². The highest BCUT2D eigenvalue weighted by Gasteiger charge is 2.22. The van der Waals surface area contributed by atoms with Gasteiger partial charge in [-0.05, 0) is 42.5 Å². The Bertz CT molecular complexity index is 478. The Hall–Kier alpha value is -1.73. The highest BCUT2D eigenvalue weighted by atomic mass is 32.2. The normalized spacial score (nSPS) is 13.4. The number of thioether (sulfide) groups is 1. The van der Waals surface area contributed by atoms with Crippen LogP contribution in [0.1, 0.15) is 12.0 Å². The molecule has 0 saturated heterocycles. The predicted octanol–water partition coefficient (Wildman–Crippen LogP) is 0.584. The first-order valence-corrected chi connectivity index (χ1v) is 7.89. The number of phenolic OH excluding ortho intramolecular Hbond substituents is 1. The maximum absolute atomic E-state index is 11.9. The number of hydrogen-bond donors (Lipinski definition) is 4. The third-order valence-electron chi connectivity index (χ3n) is 2.95. The highest BCUT2D eigenvalue weighted by Crippen LogP contribution is 2.11. The molecule has 1 unspecified atom stereocenters. The van der Waals surface area contributed by atoms with Gasteiger partial charge in [-0.25, -0.2) is 4.79 Å². The maximum Gasteiger partial charge on any atom is 0.326 e. The number of amides is 1. The monoisotopic (exact) mass is 312 g/mol. The summed E-state index contributed by atoms with van der Waals surface area (Å²) in [5.41, 5.74) is 6.59. The summed E-state index contributed by atoms with van der Waals surface area (Å²) in [5, 5.41) is 20.7. The molecule has 0 heterocycles. The molecule has 0 saturated carbocycles. The number of carboxylic acid groups (broad SMARTS) is 1. The van der Waals surface area contributed by atoms with Gasteiger partial charge >= 0.3 is 5.97 Å². The molecule has 0 aromatic heterocycles. The minimum atomic E-state index is -1.06. The van der Waals surface area contributed by atoms with Gasteiger partial charge in [0.25, 0.3) is 0 Å². The summed E-state index contributed by atoms with van der Waals surface area (Å²) in [6.45, 7) is 0. The fourth-order valence-electron chi connectivity index (χ4n) is 1.75. The second kappa shape index (κ2) is 8.53. The van der Waals surface area contributed by atoms with Crippen molar-refractivity contribution in [2.75, 3.05) is 12.0 Å². The van der Waals surface area contributed by atoms with E-state index in [1.807, 2.05) is 6.26 Å². The lowest BCUT2D eigenvalue weighted by atomic mass is 10.1. The lowest BCUT2D eigenvalue weighted by Crippen LogP contribution is -2.49. The predicted molar refractivity (Wildman–Crippen MR) is 82.4 cm³/mol. The largest absolute Gasteiger partial charge is 0.508 e. The van der Waals surface area contributed by atoms with Crippen molar-refractivity contribution in [3.8, 4) is 5.75 Å². The van der Waals surface area contributed by atoms with Crippen LogP contribution in [0.5, 0.6) is 5.75 Å². The van der Waals surface area contributed by atoms with Crippen molar-refractivity contribution < 1.29 is 19.8 Å². The number of phenols is 1. The lowest BCUT2D eigenvalue weighted by molar-refractivity contribution is -0.142. The number of nitrogens with two attached hydrogens (primary N) is 1. The highest BCUT2D eigenvalue weighted by molar-refractivity contribution is 7.98. The van der Waals surface area contributed by atoms with Gasteiger partial charge in [-0.2, -0.15) is 11.8 Å². The average molecular weight is 312 g/mol. The molecule has 1 aromatic carbocycles. The van der Waals surface area contributed by atoms with Crippen LogP contribution in [0.4, 0.5) is 0 Å². The molecule has 116 valence electrons. The summed E-state index contributed by atoms with van der Waals surface area (Å²) in [6, 6.07) is 4.62. The molecule has 1 amide bonds. The number of benzene rings is 1. The van der Waals surface area contributed by atoms with Gasteiger partial charge in [0.2, 0.25) is 5.91 Å². The van der Waals surface area contributed by atoms with Crippen molar-refractivity contribution in [1.82, 2.24) is 5.32 Å². The summed E-state index contributed by atoms with van der Waals surface area (Å²) < 4.78 is 0. The van der Waals surface area contributed by atoms with Crippen molar-refractivity contribution in [2.45, 2.75) is 24.9 Å². The second-order valence-corrected chi connectivity index (χ2v) is 5.64. The van der Waals surface area contributed by atoms with E-state index in [4.69, 9.17) is 10.8 Å². The Morgan fingerprint density at radius 2 is 1.95 bits per heavy atom. The number of carboxylic acids is 1. The smallest absolute Gasteiger partial charge is 0.326 e. The quantitative estimate of drug-likeness (QED) is 0.559. The molecule has 0 spiro atoms. The molecule has 0 aliphatic rings. The van der Waals surface area contributed by atoms with Crippen LogP contribution in [-0.2, 0) is 16.0 Å². The Kier molecular flexibility index (Phi) is 7.04. The van der Waals surface area contributed by atoms with Crippen LogP contribution in [0.3, 0.4) is 0 Å². The SMILES string of the molecule is CSCC[C@@H](NC(=O)C(N)Cc1ccc(O)cc1)C(=O)O. The van der Waals surface area contributed by atoms with Crippen LogP contribution < -0.4 is 11.1 Å². The Labute approximate surface area is 127 Å². The van der Waals surface area contributed by atoms with E-state index >= 15 is 0 Å². The Morgan fingerprint density at radius 1 is 1.33 bits per heavy atom. The molecule has 0 aliphatic carbocycles. The zero-order valence-corrected chi connectivity index (χ0v) is 12.6.